The van der Waals surface area contributed by atoms with E-state index in [-0.39, 0.29) is 5.82 Å². The maximum absolute atomic E-state index is 13.4. The second-order valence-electron chi connectivity index (χ2n) is 8.09. The normalized spacial score (nSPS) is 15.7. The van der Waals surface area contributed by atoms with E-state index in [1.165, 1.54) is 12.1 Å². The Labute approximate surface area is 179 Å². The van der Waals surface area contributed by atoms with E-state index in [1.807, 2.05) is 24.4 Å². The van der Waals surface area contributed by atoms with E-state index in [9.17, 15) is 4.39 Å². The minimum absolute atomic E-state index is 0.283. The fourth-order valence-electron chi connectivity index (χ4n) is 4.45. The van der Waals surface area contributed by atoms with Gasteiger partial charge in [-0.2, -0.15) is 0 Å². The first-order valence-electron chi connectivity index (χ1n) is 10.8. The third kappa shape index (κ3) is 4.10. The number of methoxy groups -OCH3 is 1. The topological polar surface area (TPSA) is 63.5 Å². The third-order valence-electron chi connectivity index (χ3n) is 6.14. The molecule has 2 aromatic carbocycles. The van der Waals surface area contributed by atoms with Crippen LogP contribution in [0.4, 0.5) is 4.39 Å². The lowest BCUT2D eigenvalue weighted by molar-refractivity contribution is 0.181. The molecule has 1 N–H and O–H groups in total. The number of aromatic nitrogens is 2. The molecule has 1 aliphatic heterocycles. The van der Waals surface area contributed by atoms with E-state index >= 15 is 0 Å². The van der Waals surface area contributed by atoms with Crippen LogP contribution in [-0.4, -0.2) is 48.4 Å². The molecule has 6 nitrogen and oxygen atoms in total. The van der Waals surface area contributed by atoms with Crippen molar-refractivity contribution in [3.05, 3.63) is 54.2 Å². The highest BCUT2D eigenvalue weighted by Crippen LogP contribution is 2.34. The van der Waals surface area contributed by atoms with E-state index in [0.29, 0.717) is 18.0 Å². The summed E-state index contributed by atoms with van der Waals surface area (Å²) in [7, 11) is 1.67. The standard InChI is InChI=1S/C24H26FN3O3/c1-29-22-13-17-5-8-26-20(17)15-23(22)30-12-2-9-28-10-6-16(7-11-28)24-19-4-3-18(25)14-21(19)27-31-24/h3-5,8,13-16,26H,2,6-7,9-12H2,1H3. The number of aromatic amines is 1. The molecule has 0 aliphatic carbocycles. The van der Waals surface area contributed by atoms with Crippen LogP contribution in [-0.2, 0) is 0 Å². The van der Waals surface area contributed by atoms with Gasteiger partial charge < -0.3 is 23.9 Å². The summed E-state index contributed by atoms with van der Waals surface area (Å²) in [4.78, 5) is 5.67. The zero-order chi connectivity index (χ0) is 21.2. The van der Waals surface area contributed by atoms with Crippen LogP contribution in [0.5, 0.6) is 11.5 Å². The molecule has 0 bridgehead atoms. The van der Waals surface area contributed by atoms with Crippen molar-refractivity contribution in [2.45, 2.75) is 25.2 Å². The van der Waals surface area contributed by atoms with Crippen molar-refractivity contribution in [3.8, 4) is 11.5 Å². The molecule has 31 heavy (non-hydrogen) atoms. The van der Waals surface area contributed by atoms with Crippen LogP contribution in [0.15, 0.2) is 47.1 Å². The summed E-state index contributed by atoms with van der Waals surface area (Å²) in [5, 5.41) is 6.07. The monoisotopic (exact) mass is 423 g/mol. The Balaban J connectivity index is 1.11. The molecule has 1 fully saturated rings. The predicted octanol–water partition coefficient (Wildman–Crippen LogP) is 5.11. The van der Waals surface area contributed by atoms with Gasteiger partial charge in [0.25, 0.3) is 0 Å². The number of nitrogens with zero attached hydrogens (tertiary/aromatic N) is 2. The first kappa shape index (κ1) is 19.9. The fourth-order valence-corrected chi connectivity index (χ4v) is 4.45. The van der Waals surface area contributed by atoms with Crippen LogP contribution in [0, 0.1) is 5.82 Å². The summed E-state index contributed by atoms with van der Waals surface area (Å²) < 4.78 is 30.4. The lowest BCUT2D eigenvalue weighted by Crippen LogP contribution is -2.34. The smallest absolute Gasteiger partial charge is 0.163 e. The summed E-state index contributed by atoms with van der Waals surface area (Å²) >= 11 is 0. The molecule has 162 valence electrons. The molecular weight excluding hydrogens is 397 g/mol. The number of likely N-dealkylation sites (tertiary alicyclic amines) is 1. The van der Waals surface area contributed by atoms with Gasteiger partial charge in [0.1, 0.15) is 17.1 Å². The number of H-pyrrole nitrogens is 1. The highest BCUT2D eigenvalue weighted by atomic mass is 19.1. The fraction of sp³-hybridized carbons (Fsp3) is 0.375. The van der Waals surface area contributed by atoms with Gasteiger partial charge in [0.05, 0.1) is 13.7 Å². The largest absolute Gasteiger partial charge is 0.493 e. The number of fused-ring (bicyclic) bond motifs is 2. The second-order valence-corrected chi connectivity index (χ2v) is 8.09. The van der Waals surface area contributed by atoms with Crippen LogP contribution >= 0.6 is 0 Å². The molecule has 1 saturated heterocycles. The van der Waals surface area contributed by atoms with Gasteiger partial charge in [0, 0.05) is 47.1 Å². The lowest BCUT2D eigenvalue weighted by Gasteiger charge is -2.30. The van der Waals surface area contributed by atoms with Crippen molar-refractivity contribution >= 4 is 21.8 Å². The first-order chi connectivity index (χ1) is 15.2. The number of rotatable bonds is 7. The van der Waals surface area contributed by atoms with E-state index in [0.717, 1.165) is 72.4 Å². The number of piperidine rings is 1. The van der Waals surface area contributed by atoms with E-state index in [4.69, 9.17) is 14.0 Å². The number of hydrogen-bond acceptors (Lipinski definition) is 5. The Bertz CT molecular complexity index is 1180. The van der Waals surface area contributed by atoms with Crippen molar-refractivity contribution in [3.63, 3.8) is 0 Å². The van der Waals surface area contributed by atoms with Gasteiger partial charge in [-0.3, -0.25) is 0 Å². The number of halogens is 1. The molecule has 0 radical (unpaired) electrons. The molecule has 0 atom stereocenters. The quantitative estimate of drug-likeness (QED) is 0.419. The average molecular weight is 423 g/mol. The molecule has 0 unspecified atom stereocenters. The van der Waals surface area contributed by atoms with Gasteiger partial charge in [0.15, 0.2) is 11.5 Å². The Morgan fingerprint density at radius 3 is 2.87 bits per heavy atom. The second kappa shape index (κ2) is 8.59. The lowest BCUT2D eigenvalue weighted by atomic mass is 9.92. The van der Waals surface area contributed by atoms with Gasteiger partial charge in [-0.1, -0.05) is 5.16 Å². The summed E-state index contributed by atoms with van der Waals surface area (Å²) in [6.07, 6.45) is 4.89. The Hall–Kier alpha value is -3.06. The molecule has 4 aromatic rings. The van der Waals surface area contributed by atoms with Crippen LogP contribution < -0.4 is 9.47 Å². The predicted molar refractivity (Wildman–Crippen MR) is 117 cm³/mol. The van der Waals surface area contributed by atoms with Crippen molar-refractivity contribution in [1.82, 2.24) is 15.0 Å². The van der Waals surface area contributed by atoms with Crippen LogP contribution in [0.3, 0.4) is 0 Å². The van der Waals surface area contributed by atoms with E-state index < -0.39 is 0 Å². The molecule has 3 heterocycles. The Morgan fingerprint density at radius 2 is 2.03 bits per heavy atom. The minimum atomic E-state index is -0.283. The average Bonchev–Trinajstić information content (AvgIpc) is 3.42. The van der Waals surface area contributed by atoms with Crippen molar-refractivity contribution < 1.29 is 18.4 Å². The Kier molecular flexibility index (Phi) is 5.51. The van der Waals surface area contributed by atoms with Gasteiger partial charge in [0.2, 0.25) is 0 Å². The van der Waals surface area contributed by atoms with Crippen molar-refractivity contribution in [1.29, 1.82) is 0 Å². The van der Waals surface area contributed by atoms with Gasteiger partial charge in [-0.05, 0) is 56.6 Å². The maximum Gasteiger partial charge on any atom is 0.163 e. The first-order valence-corrected chi connectivity index (χ1v) is 10.8. The number of benzene rings is 2. The zero-order valence-corrected chi connectivity index (χ0v) is 17.6. The summed E-state index contributed by atoms with van der Waals surface area (Å²) in [5.74, 6) is 2.47. The number of ether oxygens (including phenoxy) is 2. The van der Waals surface area contributed by atoms with Gasteiger partial charge in [-0.15, -0.1) is 0 Å². The molecule has 0 saturated carbocycles. The highest BCUT2D eigenvalue weighted by molar-refractivity contribution is 5.83. The molecule has 5 rings (SSSR count). The number of hydrogen-bond donors (Lipinski definition) is 1. The van der Waals surface area contributed by atoms with Crippen molar-refractivity contribution in [2.24, 2.45) is 0 Å². The molecule has 2 aromatic heterocycles. The summed E-state index contributed by atoms with van der Waals surface area (Å²) in [6.45, 7) is 3.64. The Morgan fingerprint density at radius 1 is 1.16 bits per heavy atom. The molecule has 0 amide bonds. The van der Waals surface area contributed by atoms with Crippen molar-refractivity contribution in [2.75, 3.05) is 33.4 Å². The minimum Gasteiger partial charge on any atom is -0.493 e. The van der Waals surface area contributed by atoms with Crippen LogP contribution in [0.1, 0.15) is 30.9 Å². The highest BCUT2D eigenvalue weighted by Gasteiger charge is 2.25. The van der Waals surface area contributed by atoms with Crippen LogP contribution in [0.2, 0.25) is 0 Å². The van der Waals surface area contributed by atoms with Gasteiger partial charge >= 0.3 is 0 Å². The maximum atomic E-state index is 13.4. The zero-order valence-electron chi connectivity index (χ0n) is 17.6. The molecular formula is C24H26FN3O3. The summed E-state index contributed by atoms with van der Waals surface area (Å²) in [5.41, 5.74) is 1.64. The molecule has 1 aliphatic rings. The molecule has 7 heteroatoms. The van der Waals surface area contributed by atoms with Gasteiger partial charge in [-0.25, -0.2) is 4.39 Å². The van der Waals surface area contributed by atoms with E-state index in [1.54, 1.807) is 13.2 Å². The number of nitrogens with one attached hydrogen (secondary N) is 1. The van der Waals surface area contributed by atoms with Crippen LogP contribution in [0.25, 0.3) is 21.8 Å². The summed E-state index contributed by atoms with van der Waals surface area (Å²) in [6, 6.07) is 10.7. The molecule has 0 spiro atoms. The van der Waals surface area contributed by atoms with E-state index in [2.05, 4.69) is 15.0 Å². The third-order valence-corrected chi connectivity index (χ3v) is 6.14. The SMILES string of the molecule is COc1cc2cc[nH]c2cc1OCCCN1CCC(c2onc3cc(F)ccc23)CC1.